The van der Waals surface area contributed by atoms with E-state index in [9.17, 15) is 9.59 Å². The van der Waals surface area contributed by atoms with Gasteiger partial charge in [0, 0.05) is 5.69 Å². The van der Waals surface area contributed by atoms with E-state index in [-0.39, 0.29) is 18.9 Å². The Balaban J connectivity index is 1.77. The van der Waals surface area contributed by atoms with Gasteiger partial charge < -0.3 is 10.1 Å². The fourth-order valence-electron chi connectivity index (χ4n) is 1.88. The third-order valence-electron chi connectivity index (χ3n) is 2.86. The maximum absolute atomic E-state index is 11.7. The zero-order valence-electron chi connectivity index (χ0n) is 11.8. The van der Waals surface area contributed by atoms with Crippen molar-refractivity contribution in [2.45, 2.75) is 13.3 Å². The van der Waals surface area contributed by atoms with Crippen molar-refractivity contribution >= 4 is 17.6 Å². The van der Waals surface area contributed by atoms with Gasteiger partial charge >= 0.3 is 5.97 Å². The molecule has 2 aromatic rings. The fourth-order valence-corrected chi connectivity index (χ4v) is 1.88. The first-order chi connectivity index (χ1) is 10.1. The second-order valence-electron chi connectivity index (χ2n) is 4.74. The molecule has 1 amide bonds. The summed E-state index contributed by atoms with van der Waals surface area (Å²) in [5, 5.41) is 2.69. The molecule has 4 nitrogen and oxygen atoms in total. The molecule has 0 fully saturated rings. The summed E-state index contributed by atoms with van der Waals surface area (Å²) in [6.07, 6.45) is 0.165. The van der Waals surface area contributed by atoms with Gasteiger partial charge in [0.15, 0.2) is 6.61 Å². The number of anilines is 1. The van der Waals surface area contributed by atoms with Crippen LogP contribution in [-0.4, -0.2) is 18.5 Å². The molecule has 0 aliphatic carbocycles. The predicted molar refractivity (Wildman–Crippen MR) is 80.9 cm³/mol. The van der Waals surface area contributed by atoms with Crippen LogP contribution < -0.4 is 5.32 Å². The molecule has 108 valence electrons. The number of amides is 1. The largest absolute Gasteiger partial charge is 0.455 e. The van der Waals surface area contributed by atoms with Gasteiger partial charge in [0.1, 0.15) is 0 Å². The van der Waals surface area contributed by atoms with Crippen LogP contribution in [0.4, 0.5) is 5.69 Å². The van der Waals surface area contributed by atoms with Crippen molar-refractivity contribution in [3.63, 3.8) is 0 Å². The van der Waals surface area contributed by atoms with E-state index in [1.54, 1.807) is 6.07 Å². The van der Waals surface area contributed by atoms with E-state index < -0.39 is 5.97 Å². The van der Waals surface area contributed by atoms with Crippen LogP contribution in [-0.2, 0) is 20.7 Å². The Hall–Kier alpha value is -2.62. The summed E-state index contributed by atoms with van der Waals surface area (Å²) >= 11 is 0. The standard InChI is InChI=1S/C17H17NO3/c1-13-6-5-9-15(10-13)18-16(19)12-21-17(20)11-14-7-3-2-4-8-14/h2-10H,11-12H2,1H3,(H,18,19). The lowest BCUT2D eigenvalue weighted by molar-refractivity contribution is -0.146. The maximum atomic E-state index is 11.7. The van der Waals surface area contributed by atoms with Gasteiger partial charge in [-0.2, -0.15) is 0 Å². The molecule has 2 rings (SSSR count). The number of benzene rings is 2. The molecule has 0 saturated heterocycles. The summed E-state index contributed by atoms with van der Waals surface area (Å²) < 4.78 is 4.96. The molecule has 0 spiro atoms. The Morgan fingerprint density at radius 1 is 1.05 bits per heavy atom. The lowest BCUT2D eigenvalue weighted by Gasteiger charge is -2.07. The molecular formula is C17H17NO3. The van der Waals surface area contributed by atoms with Gasteiger partial charge in [-0.25, -0.2) is 0 Å². The molecule has 1 N–H and O–H groups in total. The van der Waals surface area contributed by atoms with Crippen LogP contribution in [0.1, 0.15) is 11.1 Å². The minimum atomic E-state index is -0.416. The molecular weight excluding hydrogens is 266 g/mol. The first kappa shape index (κ1) is 14.8. The van der Waals surface area contributed by atoms with Crippen LogP contribution in [0.25, 0.3) is 0 Å². The molecule has 0 unspecified atom stereocenters. The van der Waals surface area contributed by atoms with Crippen LogP contribution >= 0.6 is 0 Å². The van der Waals surface area contributed by atoms with Crippen molar-refractivity contribution in [1.82, 2.24) is 0 Å². The molecule has 0 aliphatic rings. The van der Waals surface area contributed by atoms with E-state index in [1.165, 1.54) is 0 Å². The van der Waals surface area contributed by atoms with Crippen molar-refractivity contribution in [2.24, 2.45) is 0 Å². The van der Waals surface area contributed by atoms with E-state index in [1.807, 2.05) is 55.5 Å². The highest BCUT2D eigenvalue weighted by Crippen LogP contribution is 2.09. The highest BCUT2D eigenvalue weighted by Gasteiger charge is 2.08. The summed E-state index contributed by atoms with van der Waals surface area (Å²) in [5.41, 5.74) is 2.61. The third-order valence-corrected chi connectivity index (χ3v) is 2.86. The van der Waals surface area contributed by atoms with E-state index in [2.05, 4.69) is 5.32 Å². The molecule has 0 aromatic heterocycles. The number of carbonyl (C=O) groups excluding carboxylic acids is 2. The quantitative estimate of drug-likeness (QED) is 0.858. The van der Waals surface area contributed by atoms with E-state index in [0.29, 0.717) is 5.69 Å². The van der Waals surface area contributed by atoms with Crippen molar-refractivity contribution in [3.8, 4) is 0 Å². The van der Waals surface area contributed by atoms with Gasteiger partial charge in [-0.3, -0.25) is 9.59 Å². The summed E-state index contributed by atoms with van der Waals surface area (Å²) in [6, 6.07) is 16.7. The normalized spacial score (nSPS) is 9.95. The average Bonchev–Trinajstić information content (AvgIpc) is 2.46. The smallest absolute Gasteiger partial charge is 0.310 e. The third kappa shape index (κ3) is 5.10. The number of rotatable bonds is 5. The Bertz CT molecular complexity index is 623. The lowest BCUT2D eigenvalue weighted by Crippen LogP contribution is -2.21. The molecule has 0 radical (unpaired) electrons. The molecule has 0 bridgehead atoms. The zero-order chi connectivity index (χ0) is 15.1. The number of hydrogen-bond acceptors (Lipinski definition) is 3. The van der Waals surface area contributed by atoms with Gasteiger partial charge in [0.05, 0.1) is 6.42 Å². The van der Waals surface area contributed by atoms with Crippen LogP contribution in [0.5, 0.6) is 0 Å². The second kappa shape index (κ2) is 7.24. The molecule has 21 heavy (non-hydrogen) atoms. The Morgan fingerprint density at radius 3 is 2.52 bits per heavy atom. The first-order valence-corrected chi connectivity index (χ1v) is 6.69. The maximum Gasteiger partial charge on any atom is 0.310 e. The Labute approximate surface area is 123 Å². The highest BCUT2D eigenvalue weighted by atomic mass is 16.5. The highest BCUT2D eigenvalue weighted by molar-refractivity contribution is 5.92. The van der Waals surface area contributed by atoms with Crippen molar-refractivity contribution in [3.05, 3.63) is 65.7 Å². The summed E-state index contributed by atoms with van der Waals surface area (Å²) in [6.45, 7) is 1.66. The second-order valence-corrected chi connectivity index (χ2v) is 4.74. The van der Waals surface area contributed by atoms with Crippen LogP contribution in [0.15, 0.2) is 54.6 Å². The van der Waals surface area contributed by atoms with Crippen molar-refractivity contribution in [1.29, 1.82) is 0 Å². The summed E-state index contributed by atoms with van der Waals surface area (Å²) in [7, 11) is 0. The number of carbonyl (C=O) groups is 2. The van der Waals surface area contributed by atoms with E-state index in [4.69, 9.17) is 4.74 Å². The van der Waals surface area contributed by atoms with E-state index >= 15 is 0 Å². The van der Waals surface area contributed by atoms with Crippen molar-refractivity contribution < 1.29 is 14.3 Å². The molecule has 0 atom stereocenters. The molecule has 0 heterocycles. The Kier molecular flexibility index (Phi) is 5.10. The van der Waals surface area contributed by atoms with Crippen LogP contribution in [0, 0.1) is 6.92 Å². The monoisotopic (exact) mass is 283 g/mol. The van der Waals surface area contributed by atoms with E-state index in [0.717, 1.165) is 11.1 Å². The molecule has 4 heteroatoms. The first-order valence-electron chi connectivity index (χ1n) is 6.69. The zero-order valence-corrected chi connectivity index (χ0v) is 11.8. The van der Waals surface area contributed by atoms with Gasteiger partial charge in [-0.15, -0.1) is 0 Å². The van der Waals surface area contributed by atoms with Crippen LogP contribution in [0.2, 0.25) is 0 Å². The number of ether oxygens (including phenoxy) is 1. The number of esters is 1. The predicted octanol–water partition coefficient (Wildman–Crippen LogP) is 2.72. The minimum absolute atomic E-state index is 0.165. The van der Waals surface area contributed by atoms with Crippen molar-refractivity contribution in [2.75, 3.05) is 11.9 Å². The topological polar surface area (TPSA) is 55.4 Å². The minimum Gasteiger partial charge on any atom is -0.455 e. The van der Waals surface area contributed by atoms with Gasteiger partial charge in [0.2, 0.25) is 0 Å². The van der Waals surface area contributed by atoms with Gasteiger partial charge in [0.25, 0.3) is 5.91 Å². The average molecular weight is 283 g/mol. The summed E-state index contributed by atoms with van der Waals surface area (Å²) in [4.78, 5) is 23.3. The lowest BCUT2D eigenvalue weighted by atomic mass is 10.2. The SMILES string of the molecule is Cc1cccc(NC(=O)COC(=O)Cc2ccccc2)c1. The van der Waals surface area contributed by atoms with Gasteiger partial charge in [-0.1, -0.05) is 42.5 Å². The number of nitrogens with one attached hydrogen (secondary N) is 1. The van der Waals surface area contributed by atoms with Gasteiger partial charge in [-0.05, 0) is 30.2 Å². The fraction of sp³-hybridized carbons (Fsp3) is 0.176. The number of aryl methyl sites for hydroxylation is 1. The molecule has 0 aliphatic heterocycles. The molecule has 2 aromatic carbocycles. The Morgan fingerprint density at radius 2 is 1.81 bits per heavy atom. The molecule has 0 saturated carbocycles. The van der Waals surface area contributed by atoms with Crippen LogP contribution in [0.3, 0.4) is 0 Å². The number of hydrogen-bond donors (Lipinski definition) is 1. The summed E-state index contributed by atoms with van der Waals surface area (Å²) in [5.74, 6) is -0.761.